The highest BCUT2D eigenvalue weighted by Gasteiger charge is 2.38. The Bertz CT molecular complexity index is 1480. The fraction of sp³-hybridized carbons (Fsp3) is 0.455. The van der Waals surface area contributed by atoms with Gasteiger partial charge in [0.1, 0.15) is 11.5 Å². The molecule has 3 aromatic rings. The quantitative estimate of drug-likeness (QED) is 0.236. The molecule has 1 fully saturated rings. The topological polar surface area (TPSA) is 99.1 Å². The smallest absolute Gasteiger partial charge is 0.290 e. The van der Waals surface area contributed by atoms with Crippen LogP contribution < -0.4 is 9.80 Å². The first-order chi connectivity index (χ1) is 20.5. The molecule has 0 aliphatic carbocycles. The van der Waals surface area contributed by atoms with Gasteiger partial charge in [-0.25, -0.2) is 9.97 Å². The lowest BCUT2D eigenvalue weighted by Crippen LogP contribution is -2.61. The standard InChI is InChI=1S/C33H41ClN6O3/c1-7-22(3)17-28-29(39(8-2)25-10-11-26(34)23(4)18-25)13-12-27(36-28)32(42)40-16-15-38(21-33(40,5)6)30-14-9-24(20-35-30)19-31(41)37-43/h9-14,18,20,22H,7-8,15-17,19,21H2,1-6H3. The van der Waals surface area contributed by atoms with Crippen LogP contribution in [0.15, 0.2) is 53.8 Å². The van der Waals surface area contributed by atoms with Crippen molar-refractivity contribution in [3.05, 3.63) is 81.1 Å². The van der Waals surface area contributed by atoms with Crippen molar-refractivity contribution in [2.45, 2.75) is 66.3 Å². The minimum atomic E-state index is -0.723. The van der Waals surface area contributed by atoms with Gasteiger partial charge in [0.2, 0.25) is 0 Å². The predicted octanol–water partition coefficient (Wildman–Crippen LogP) is 6.76. The summed E-state index contributed by atoms with van der Waals surface area (Å²) in [5.41, 5.74) is 4.57. The number of halogens is 1. The number of anilines is 3. The molecule has 1 unspecified atom stereocenters. The Morgan fingerprint density at radius 3 is 2.49 bits per heavy atom. The Hall–Kier alpha value is -3.85. The van der Waals surface area contributed by atoms with E-state index in [4.69, 9.17) is 16.6 Å². The lowest BCUT2D eigenvalue weighted by molar-refractivity contribution is -0.117. The highest BCUT2D eigenvalue weighted by atomic mass is 35.5. The number of aromatic nitrogens is 2. The lowest BCUT2D eigenvalue weighted by Gasteiger charge is -2.47. The Morgan fingerprint density at radius 2 is 1.88 bits per heavy atom. The fourth-order valence-corrected chi connectivity index (χ4v) is 5.67. The summed E-state index contributed by atoms with van der Waals surface area (Å²) in [5.74, 6) is 0.356. The molecule has 0 spiro atoms. The Balaban J connectivity index is 1.57. The van der Waals surface area contributed by atoms with Crippen molar-refractivity contribution in [2.75, 3.05) is 36.0 Å². The second-order valence-electron chi connectivity index (χ2n) is 11.9. The molecule has 4 rings (SSSR count). The molecule has 1 atom stereocenters. The van der Waals surface area contributed by atoms with E-state index < -0.39 is 11.4 Å². The van der Waals surface area contributed by atoms with Crippen molar-refractivity contribution in [1.82, 2.24) is 14.9 Å². The summed E-state index contributed by atoms with van der Waals surface area (Å²) in [6.45, 7) is 15.0. The number of benzene rings is 1. The van der Waals surface area contributed by atoms with Gasteiger partial charge in [0.25, 0.3) is 11.8 Å². The second kappa shape index (κ2) is 13.6. The predicted molar refractivity (Wildman–Crippen MR) is 172 cm³/mol. The van der Waals surface area contributed by atoms with Gasteiger partial charge in [0, 0.05) is 48.3 Å². The van der Waals surface area contributed by atoms with Crippen LogP contribution in [0.1, 0.15) is 68.3 Å². The number of hydrogen-bond donors (Lipinski definition) is 0. The number of nitrogens with zero attached hydrogens (tertiary/aromatic N) is 6. The number of carbonyl (C=O) groups excluding carboxylic acids is 2. The Kier molecular flexibility index (Phi) is 10.2. The summed E-state index contributed by atoms with van der Waals surface area (Å²) in [6.07, 6.45) is 3.31. The number of carbonyl (C=O) groups is 2. The molecule has 3 heterocycles. The molecule has 2 amide bonds. The fourth-order valence-electron chi connectivity index (χ4n) is 5.55. The van der Waals surface area contributed by atoms with Crippen LogP contribution in [0.5, 0.6) is 0 Å². The van der Waals surface area contributed by atoms with E-state index in [9.17, 15) is 14.5 Å². The minimum absolute atomic E-state index is 0.0648. The normalized spacial score (nSPS) is 15.2. The van der Waals surface area contributed by atoms with Crippen molar-refractivity contribution >= 4 is 40.6 Å². The first-order valence-corrected chi connectivity index (χ1v) is 15.3. The third-order valence-corrected chi connectivity index (χ3v) is 8.63. The van der Waals surface area contributed by atoms with E-state index >= 15 is 0 Å². The van der Waals surface area contributed by atoms with Crippen LogP contribution in [0.2, 0.25) is 5.02 Å². The summed E-state index contributed by atoms with van der Waals surface area (Å²) in [7, 11) is 0. The largest absolute Gasteiger partial charge is 0.353 e. The zero-order chi connectivity index (χ0) is 31.3. The number of pyridine rings is 2. The molecular weight excluding hydrogens is 564 g/mol. The van der Waals surface area contributed by atoms with Crippen LogP contribution in [0.3, 0.4) is 0 Å². The lowest BCUT2D eigenvalue weighted by atomic mass is 9.97. The molecule has 1 saturated heterocycles. The Morgan fingerprint density at radius 1 is 1.12 bits per heavy atom. The molecule has 1 aromatic carbocycles. The Labute approximate surface area is 259 Å². The van der Waals surface area contributed by atoms with Crippen LogP contribution in [0, 0.1) is 17.7 Å². The van der Waals surface area contributed by atoms with Crippen LogP contribution >= 0.6 is 11.6 Å². The minimum Gasteiger partial charge on any atom is -0.353 e. The molecular formula is C33H41ClN6O3. The maximum Gasteiger partial charge on any atom is 0.290 e. The van der Waals surface area contributed by atoms with Gasteiger partial charge >= 0.3 is 0 Å². The molecule has 228 valence electrons. The van der Waals surface area contributed by atoms with E-state index in [0.29, 0.717) is 36.8 Å². The van der Waals surface area contributed by atoms with E-state index in [2.05, 4.69) is 60.6 Å². The van der Waals surface area contributed by atoms with E-state index in [-0.39, 0.29) is 12.3 Å². The molecule has 9 nitrogen and oxygen atoms in total. The van der Waals surface area contributed by atoms with Crippen molar-refractivity contribution in [3.8, 4) is 0 Å². The maximum atomic E-state index is 14.0. The van der Waals surface area contributed by atoms with Gasteiger partial charge in [0.15, 0.2) is 0 Å². The summed E-state index contributed by atoms with van der Waals surface area (Å²) in [6, 6.07) is 13.5. The number of hydrogen-bond acceptors (Lipinski definition) is 7. The SMILES string of the molecule is CCC(C)Cc1nc(C(=O)N2CCN(c3ccc(CC(=O)N=O)cn3)CC2(C)C)ccc1N(CC)c1ccc(Cl)c(C)c1. The monoisotopic (exact) mass is 604 g/mol. The zero-order valence-corrected chi connectivity index (χ0v) is 26.7. The van der Waals surface area contributed by atoms with Gasteiger partial charge in [-0.2, -0.15) is 0 Å². The van der Waals surface area contributed by atoms with E-state index in [1.54, 1.807) is 12.3 Å². The summed E-state index contributed by atoms with van der Waals surface area (Å²) in [4.78, 5) is 51.5. The third kappa shape index (κ3) is 7.39. The van der Waals surface area contributed by atoms with Crippen LogP contribution in [-0.4, -0.2) is 58.4 Å². The highest BCUT2D eigenvalue weighted by Crippen LogP contribution is 2.33. The van der Waals surface area contributed by atoms with Gasteiger partial charge in [-0.05, 0) is 87.6 Å². The van der Waals surface area contributed by atoms with Crippen molar-refractivity contribution in [1.29, 1.82) is 0 Å². The molecule has 0 saturated carbocycles. The van der Waals surface area contributed by atoms with Crippen molar-refractivity contribution in [3.63, 3.8) is 0 Å². The summed E-state index contributed by atoms with van der Waals surface area (Å²) in [5, 5.41) is 3.18. The molecule has 2 aromatic heterocycles. The van der Waals surface area contributed by atoms with E-state index in [1.807, 2.05) is 42.2 Å². The first-order valence-electron chi connectivity index (χ1n) is 14.9. The van der Waals surface area contributed by atoms with Gasteiger partial charge < -0.3 is 14.7 Å². The molecule has 1 aliphatic rings. The van der Waals surface area contributed by atoms with Gasteiger partial charge in [-0.15, -0.1) is 4.91 Å². The second-order valence-corrected chi connectivity index (χ2v) is 12.3. The third-order valence-electron chi connectivity index (χ3n) is 8.21. The number of rotatable bonds is 10. The number of amides is 2. The van der Waals surface area contributed by atoms with Gasteiger partial charge in [-0.1, -0.05) is 37.9 Å². The summed E-state index contributed by atoms with van der Waals surface area (Å²) >= 11 is 6.31. The van der Waals surface area contributed by atoms with Crippen LogP contribution in [0.25, 0.3) is 0 Å². The molecule has 0 N–H and O–H groups in total. The average molecular weight is 605 g/mol. The molecule has 1 aliphatic heterocycles. The number of piperazine rings is 1. The van der Waals surface area contributed by atoms with E-state index in [1.165, 1.54) is 0 Å². The number of aryl methyl sites for hydroxylation is 1. The van der Waals surface area contributed by atoms with Crippen LogP contribution in [0.4, 0.5) is 17.2 Å². The van der Waals surface area contributed by atoms with E-state index in [0.717, 1.165) is 52.9 Å². The molecule has 0 radical (unpaired) electrons. The molecule has 10 heteroatoms. The molecule has 0 bridgehead atoms. The average Bonchev–Trinajstić information content (AvgIpc) is 2.99. The summed E-state index contributed by atoms with van der Waals surface area (Å²) < 4.78 is 0. The van der Waals surface area contributed by atoms with Crippen LogP contribution in [-0.2, 0) is 17.6 Å². The van der Waals surface area contributed by atoms with Crippen molar-refractivity contribution < 1.29 is 9.59 Å². The zero-order valence-electron chi connectivity index (χ0n) is 25.9. The van der Waals surface area contributed by atoms with Gasteiger partial charge in [0.05, 0.1) is 23.3 Å². The number of nitroso groups, excluding NO2 is 1. The first kappa shape index (κ1) is 32.1. The molecule has 43 heavy (non-hydrogen) atoms. The maximum absolute atomic E-state index is 14.0. The highest BCUT2D eigenvalue weighted by molar-refractivity contribution is 6.31. The van der Waals surface area contributed by atoms with Gasteiger partial charge in [-0.3, -0.25) is 9.59 Å². The van der Waals surface area contributed by atoms with Crippen molar-refractivity contribution in [2.24, 2.45) is 11.1 Å².